The number of hydrogen-bond acceptors (Lipinski definition) is 6. The second-order valence-electron chi connectivity index (χ2n) is 10.8. The van der Waals surface area contributed by atoms with Gasteiger partial charge in [-0.2, -0.15) is 0 Å². The Morgan fingerprint density at radius 2 is 1.88 bits per heavy atom. The molecule has 0 aromatic heterocycles. The van der Waals surface area contributed by atoms with E-state index in [0.29, 0.717) is 25.9 Å². The Bertz CT molecular complexity index is 844. The number of carbonyl (C=O) groups is 3. The van der Waals surface area contributed by atoms with E-state index < -0.39 is 17.6 Å². The molecule has 2 aliphatic heterocycles. The van der Waals surface area contributed by atoms with Crippen LogP contribution < -0.4 is 0 Å². The summed E-state index contributed by atoms with van der Waals surface area (Å²) in [6.07, 6.45) is 1.78. The lowest BCUT2D eigenvalue weighted by molar-refractivity contribution is -0.155. The molecule has 0 unspecified atom stereocenters. The van der Waals surface area contributed by atoms with Crippen LogP contribution in [-0.4, -0.2) is 53.3 Å². The van der Waals surface area contributed by atoms with Gasteiger partial charge in [0.2, 0.25) is 5.91 Å². The molecule has 0 aliphatic carbocycles. The van der Waals surface area contributed by atoms with Gasteiger partial charge in [-0.1, -0.05) is 30.3 Å². The van der Waals surface area contributed by atoms with E-state index in [1.165, 1.54) is 4.90 Å². The van der Waals surface area contributed by atoms with Crippen molar-refractivity contribution in [3.05, 3.63) is 35.9 Å². The summed E-state index contributed by atoms with van der Waals surface area (Å²) in [7, 11) is 0. The zero-order valence-corrected chi connectivity index (χ0v) is 20.5. The predicted molar refractivity (Wildman–Crippen MR) is 123 cm³/mol. The van der Waals surface area contributed by atoms with Crippen molar-refractivity contribution in [3.8, 4) is 0 Å². The van der Waals surface area contributed by atoms with Gasteiger partial charge in [0, 0.05) is 12.3 Å². The van der Waals surface area contributed by atoms with E-state index in [1.54, 1.807) is 0 Å². The summed E-state index contributed by atoms with van der Waals surface area (Å²) in [5.41, 5.74) is 0.223. The number of hydrogen-bond donors (Lipinski definition) is 0. The summed E-state index contributed by atoms with van der Waals surface area (Å²) >= 11 is 0. The number of imide groups is 1. The second-order valence-corrected chi connectivity index (χ2v) is 10.8. The van der Waals surface area contributed by atoms with Crippen LogP contribution in [0.2, 0.25) is 0 Å². The molecule has 3 rings (SSSR count). The molecule has 2 saturated heterocycles. The molecule has 1 aromatic carbocycles. The van der Waals surface area contributed by atoms with E-state index in [0.717, 1.165) is 12.0 Å². The molecule has 0 saturated carbocycles. The summed E-state index contributed by atoms with van der Waals surface area (Å²) in [6, 6.07) is 9.40. The van der Waals surface area contributed by atoms with Crippen molar-refractivity contribution in [1.82, 2.24) is 4.90 Å². The lowest BCUT2D eigenvalue weighted by Crippen LogP contribution is -2.44. The van der Waals surface area contributed by atoms with Crippen molar-refractivity contribution in [3.63, 3.8) is 0 Å². The predicted octanol–water partition coefficient (Wildman–Crippen LogP) is 4.52. The molecule has 0 radical (unpaired) electrons. The Kier molecular flexibility index (Phi) is 7.83. The molecular formula is C26H37NO6. The van der Waals surface area contributed by atoms with Gasteiger partial charge in [0.15, 0.2) is 0 Å². The normalized spacial score (nSPS) is 23.3. The molecule has 2 fully saturated rings. The first-order valence-corrected chi connectivity index (χ1v) is 11.8. The van der Waals surface area contributed by atoms with Gasteiger partial charge in [-0.15, -0.1) is 0 Å². The van der Waals surface area contributed by atoms with E-state index >= 15 is 0 Å². The van der Waals surface area contributed by atoms with Crippen molar-refractivity contribution in [2.24, 2.45) is 11.8 Å². The largest absolute Gasteiger partial charge is 0.460 e. The van der Waals surface area contributed by atoms with Gasteiger partial charge in [0.05, 0.1) is 18.2 Å². The third-order valence-electron chi connectivity index (χ3n) is 6.09. The van der Waals surface area contributed by atoms with E-state index in [2.05, 4.69) is 0 Å². The molecule has 2 aliphatic rings. The van der Waals surface area contributed by atoms with E-state index in [9.17, 15) is 14.4 Å². The van der Waals surface area contributed by atoms with Crippen LogP contribution in [0.1, 0.15) is 65.9 Å². The Morgan fingerprint density at radius 1 is 1.18 bits per heavy atom. The minimum absolute atomic E-state index is 0.122. The number of ether oxygens (including phenoxy) is 3. The zero-order valence-electron chi connectivity index (χ0n) is 20.5. The Labute approximate surface area is 196 Å². The first-order chi connectivity index (χ1) is 15.4. The van der Waals surface area contributed by atoms with E-state index in [4.69, 9.17) is 14.2 Å². The number of nitrogens with zero attached hydrogens (tertiary/aromatic N) is 1. The highest BCUT2D eigenvalue weighted by Gasteiger charge is 2.42. The highest BCUT2D eigenvalue weighted by Crippen LogP contribution is 2.35. The number of amides is 2. The summed E-state index contributed by atoms with van der Waals surface area (Å²) in [6.45, 7) is 10.3. The van der Waals surface area contributed by atoms with Crippen LogP contribution in [0.15, 0.2) is 30.3 Å². The van der Waals surface area contributed by atoms with Crippen molar-refractivity contribution < 1.29 is 28.6 Å². The maximum absolute atomic E-state index is 13.6. The van der Waals surface area contributed by atoms with Gasteiger partial charge in [-0.25, -0.2) is 9.69 Å². The van der Waals surface area contributed by atoms with Crippen molar-refractivity contribution >= 4 is 18.0 Å². The number of cyclic esters (lactones) is 1. The van der Waals surface area contributed by atoms with Gasteiger partial charge >= 0.3 is 12.1 Å². The van der Waals surface area contributed by atoms with Gasteiger partial charge in [0.25, 0.3) is 0 Å². The smallest absolute Gasteiger partial charge is 0.416 e. The molecular weight excluding hydrogens is 422 g/mol. The Balaban J connectivity index is 1.73. The zero-order chi connectivity index (χ0) is 24.2. The van der Waals surface area contributed by atoms with Gasteiger partial charge in [0.1, 0.15) is 12.2 Å². The molecule has 0 N–H and O–H groups in total. The number of esters is 1. The first kappa shape index (κ1) is 25.2. The van der Waals surface area contributed by atoms with Crippen LogP contribution in [0.4, 0.5) is 4.79 Å². The fraction of sp³-hybridized carbons (Fsp3) is 0.654. The van der Waals surface area contributed by atoms with Crippen molar-refractivity contribution in [1.29, 1.82) is 0 Å². The summed E-state index contributed by atoms with van der Waals surface area (Å²) in [5.74, 6) is -0.900. The Morgan fingerprint density at radius 3 is 2.48 bits per heavy atom. The van der Waals surface area contributed by atoms with E-state index in [-0.39, 0.29) is 42.5 Å². The quantitative estimate of drug-likeness (QED) is 0.532. The van der Waals surface area contributed by atoms with Gasteiger partial charge in [-0.05, 0) is 71.8 Å². The fourth-order valence-corrected chi connectivity index (χ4v) is 4.70. The molecule has 7 nitrogen and oxygen atoms in total. The molecule has 33 heavy (non-hydrogen) atoms. The standard InChI is InChI=1S/C26H37NO6/c1-25(2,3)33-22(28)12-11-20(13-19-15-26(4,5)32-16-19)23(29)27-21(17-31-24(27)30)14-18-9-7-6-8-10-18/h6-10,19-21H,11-17H2,1-5H3/t19-,20-,21-/m1/s1. The fourth-order valence-electron chi connectivity index (χ4n) is 4.70. The van der Waals surface area contributed by atoms with Crippen LogP contribution in [-0.2, 0) is 30.2 Å². The van der Waals surface area contributed by atoms with Crippen LogP contribution in [0.25, 0.3) is 0 Å². The Hall–Kier alpha value is -2.41. The molecule has 0 spiro atoms. The first-order valence-electron chi connectivity index (χ1n) is 11.8. The van der Waals surface area contributed by atoms with Crippen LogP contribution in [0.3, 0.4) is 0 Å². The SMILES string of the molecule is CC(C)(C)OC(=O)CC[C@H](C[C@H]1COC(C)(C)C1)C(=O)N1C(=O)OC[C@H]1Cc1ccccc1. The van der Waals surface area contributed by atoms with Crippen molar-refractivity contribution in [2.75, 3.05) is 13.2 Å². The van der Waals surface area contributed by atoms with Gasteiger partial charge < -0.3 is 14.2 Å². The third kappa shape index (κ3) is 7.29. The van der Waals surface area contributed by atoms with Gasteiger partial charge in [-0.3, -0.25) is 9.59 Å². The minimum atomic E-state index is -0.605. The molecule has 2 heterocycles. The van der Waals surface area contributed by atoms with Crippen molar-refractivity contribution in [2.45, 2.75) is 84.0 Å². The molecule has 182 valence electrons. The highest BCUT2D eigenvalue weighted by atomic mass is 16.6. The van der Waals surface area contributed by atoms with Crippen LogP contribution >= 0.6 is 0 Å². The number of carbonyl (C=O) groups excluding carboxylic acids is 3. The average Bonchev–Trinajstić information content (AvgIpc) is 3.25. The minimum Gasteiger partial charge on any atom is -0.460 e. The molecule has 3 atom stereocenters. The van der Waals surface area contributed by atoms with Crippen LogP contribution in [0, 0.1) is 11.8 Å². The lowest BCUT2D eigenvalue weighted by atomic mass is 9.86. The summed E-state index contributed by atoms with van der Waals surface area (Å²) < 4.78 is 16.6. The highest BCUT2D eigenvalue weighted by molar-refractivity contribution is 5.95. The maximum Gasteiger partial charge on any atom is 0.416 e. The molecule has 7 heteroatoms. The molecule has 2 amide bonds. The number of rotatable bonds is 8. The number of benzene rings is 1. The average molecular weight is 460 g/mol. The molecule has 1 aromatic rings. The second kappa shape index (κ2) is 10.2. The van der Waals surface area contributed by atoms with Crippen LogP contribution in [0.5, 0.6) is 0 Å². The summed E-state index contributed by atoms with van der Waals surface area (Å²) in [4.78, 5) is 39.8. The summed E-state index contributed by atoms with van der Waals surface area (Å²) in [5, 5.41) is 0. The molecule has 0 bridgehead atoms. The topological polar surface area (TPSA) is 82.1 Å². The maximum atomic E-state index is 13.6. The van der Waals surface area contributed by atoms with E-state index in [1.807, 2.05) is 65.0 Å². The third-order valence-corrected chi connectivity index (χ3v) is 6.09. The lowest BCUT2D eigenvalue weighted by Gasteiger charge is -2.27. The monoisotopic (exact) mass is 459 g/mol.